The van der Waals surface area contributed by atoms with Crippen LogP contribution < -0.4 is 0 Å². The second kappa shape index (κ2) is 24.8. The second-order valence-electron chi connectivity index (χ2n) is 22.7. The van der Waals surface area contributed by atoms with Gasteiger partial charge in [0.1, 0.15) is 11.3 Å². The number of rotatable bonds is 2. The molecule has 0 bridgehead atoms. The third kappa shape index (κ3) is 11.4. The standard InChI is InChI=1S/2C25H15N2.2C12H14N3.2Pt/c2*1-2-9-19-17(7-1)14-15-18-8-6-16-26-25(18)27-23-13-4-3-10-20(23)22-12-5-11-21(19)24(22)27;2*1-12(2,3)11-13-9-15(14-11)10-7-5-4-6-8-10;;/h2*1-12,14-16H;2*4-8H,1-3H3;;/q4*-1;2*+2. The molecular weight excluding hydrogens is 1420 g/mol. The summed E-state index contributed by atoms with van der Waals surface area (Å²) in [5.41, 5.74) is 8.29. The summed E-state index contributed by atoms with van der Waals surface area (Å²) in [4.78, 5) is 17.9. The summed E-state index contributed by atoms with van der Waals surface area (Å²) < 4.78 is 7.89. The summed E-state index contributed by atoms with van der Waals surface area (Å²) in [5, 5.41) is 23.2. The summed E-state index contributed by atoms with van der Waals surface area (Å²) in [6, 6.07) is 86.2. The van der Waals surface area contributed by atoms with E-state index in [1.165, 1.54) is 64.9 Å². The SMILES string of the molecule is CC(C)(C)c1n[c-]n(-c2ccccc2)n1.CC(C)(C)c1n[c-]n(-c2ccccc2)n1.[Pt+2].[Pt+2].[c-]1cccc2c3cccc4c5ccccc5ccc5cccnc5n(c12)c43.[c-]1cccc2c3cccc4c5ccccc5ccc5cccnc5n(c12)c43. The van der Waals surface area contributed by atoms with Gasteiger partial charge in [-0.15, -0.1) is 10.8 Å². The summed E-state index contributed by atoms with van der Waals surface area (Å²) in [6.45, 7) is 12.5. The summed E-state index contributed by atoms with van der Waals surface area (Å²) in [7, 11) is 0. The predicted molar refractivity (Wildman–Crippen MR) is 344 cm³/mol. The fourth-order valence-electron chi connectivity index (χ4n) is 10.8. The predicted octanol–water partition coefficient (Wildman–Crippen LogP) is 17.3. The van der Waals surface area contributed by atoms with Crippen LogP contribution in [0.3, 0.4) is 0 Å². The van der Waals surface area contributed by atoms with E-state index in [0.29, 0.717) is 0 Å². The Morgan fingerprint density at radius 2 is 0.663 bits per heavy atom. The summed E-state index contributed by atoms with van der Waals surface area (Å²) in [6.07, 6.45) is 9.49. The molecule has 0 aliphatic rings. The maximum atomic E-state index is 4.76. The van der Waals surface area contributed by atoms with E-state index in [1.807, 2.05) is 97.3 Å². The number of nitrogens with zero attached hydrogens (tertiary/aromatic N) is 10. The molecule has 0 amide bonds. The molecule has 0 unspecified atom stereocenters. The second-order valence-corrected chi connectivity index (χ2v) is 22.7. The van der Waals surface area contributed by atoms with Crippen molar-refractivity contribution in [2.24, 2.45) is 0 Å². The molecule has 0 atom stereocenters. The third-order valence-corrected chi connectivity index (χ3v) is 14.9. The molecule has 0 aliphatic heterocycles. The maximum Gasteiger partial charge on any atom is 2.00 e. The molecule has 12 heteroatoms. The Hall–Kier alpha value is -9.20. The summed E-state index contributed by atoms with van der Waals surface area (Å²) in [5.74, 6) is 1.62. The fourth-order valence-corrected chi connectivity index (χ4v) is 10.8. The van der Waals surface area contributed by atoms with Crippen LogP contribution in [0.25, 0.3) is 109 Å². The molecule has 16 aromatic rings. The molecule has 8 heterocycles. The van der Waals surface area contributed by atoms with Crippen molar-refractivity contribution in [1.82, 2.24) is 48.3 Å². The quantitative estimate of drug-likeness (QED) is 0.160. The number of aromatic nitrogens is 10. The minimum Gasteiger partial charge on any atom is -0.350 e. The number of fused-ring (bicyclic) bond motifs is 14. The van der Waals surface area contributed by atoms with Gasteiger partial charge in [-0.2, -0.15) is 48.5 Å². The van der Waals surface area contributed by atoms with Crippen LogP contribution in [0.4, 0.5) is 0 Å². The van der Waals surface area contributed by atoms with Crippen LogP contribution >= 0.6 is 0 Å². The Kier molecular flexibility index (Phi) is 16.9. The first kappa shape index (κ1) is 58.6. The fraction of sp³-hybridized carbons (Fsp3) is 0.108. The van der Waals surface area contributed by atoms with Gasteiger partial charge in [0.05, 0.1) is 11.6 Å². The molecule has 86 heavy (non-hydrogen) atoms. The van der Waals surface area contributed by atoms with Gasteiger partial charge in [-0.25, -0.2) is 20.2 Å². The van der Waals surface area contributed by atoms with Crippen LogP contribution in [0.5, 0.6) is 0 Å². The molecule has 424 valence electrons. The normalized spacial score (nSPS) is 11.4. The van der Waals surface area contributed by atoms with Crippen molar-refractivity contribution in [3.63, 3.8) is 0 Å². The van der Waals surface area contributed by atoms with Crippen molar-refractivity contribution in [2.75, 3.05) is 0 Å². The van der Waals surface area contributed by atoms with Gasteiger partial charge in [-0.1, -0.05) is 222 Å². The van der Waals surface area contributed by atoms with Gasteiger partial charge in [0.2, 0.25) is 0 Å². The average Bonchev–Trinajstić information content (AvgIpc) is 1.65. The van der Waals surface area contributed by atoms with Crippen LogP contribution in [-0.4, -0.2) is 48.3 Å². The molecule has 0 saturated carbocycles. The Morgan fingerprint density at radius 1 is 0.326 bits per heavy atom. The van der Waals surface area contributed by atoms with E-state index < -0.39 is 0 Å². The number of para-hydroxylation sites is 6. The van der Waals surface area contributed by atoms with E-state index in [2.05, 4.69) is 241 Å². The largest absolute Gasteiger partial charge is 2.00 e. The third-order valence-electron chi connectivity index (χ3n) is 14.9. The number of pyridine rings is 2. The van der Waals surface area contributed by atoms with Crippen LogP contribution in [0.2, 0.25) is 0 Å². The Bertz CT molecular complexity index is 4810. The van der Waals surface area contributed by atoms with Crippen LogP contribution in [0, 0.1) is 24.8 Å². The minimum absolute atomic E-state index is 0. The zero-order valence-corrected chi connectivity index (χ0v) is 52.7. The number of hydrogen-bond donors (Lipinski definition) is 0. The van der Waals surface area contributed by atoms with Crippen molar-refractivity contribution in [3.8, 4) is 11.4 Å². The summed E-state index contributed by atoms with van der Waals surface area (Å²) >= 11 is 0. The molecular formula is C74H58N10Pt2. The van der Waals surface area contributed by atoms with Crippen molar-refractivity contribution < 1.29 is 42.1 Å². The Labute approximate surface area is 527 Å². The van der Waals surface area contributed by atoms with E-state index in [4.69, 9.17) is 9.97 Å². The molecule has 8 aromatic heterocycles. The van der Waals surface area contributed by atoms with Crippen molar-refractivity contribution in [1.29, 1.82) is 0 Å². The monoisotopic (exact) mass is 1480 g/mol. The van der Waals surface area contributed by atoms with Crippen LogP contribution in [-0.2, 0) is 53.0 Å². The Morgan fingerprint density at radius 3 is 1.06 bits per heavy atom. The zero-order chi connectivity index (χ0) is 57.4. The molecule has 0 radical (unpaired) electrons. The van der Waals surface area contributed by atoms with Gasteiger partial charge in [0, 0.05) is 57.6 Å². The van der Waals surface area contributed by atoms with Crippen molar-refractivity contribution in [2.45, 2.75) is 52.4 Å². The smallest absolute Gasteiger partial charge is 0.350 e. The van der Waals surface area contributed by atoms with Gasteiger partial charge in [-0.05, 0) is 78.8 Å². The topological polar surface area (TPSA) is 96.0 Å². The maximum absolute atomic E-state index is 4.76. The molecule has 8 aromatic carbocycles. The van der Waals surface area contributed by atoms with E-state index in [0.717, 1.165) is 56.1 Å². The average molecular weight is 1480 g/mol. The van der Waals surface area contributed by atoms with E-state index in [9.17, 15) is 0 Å². The van der Waals surface area contributed by atoms with Crippen molar-refractivity contribution >= 4 is 98.0 Å². The van der Waals surface area contributed by atoms with Crippen LogP contribution in [0.15, 0.2) is 243 Å². The molecule has 0 fully saturated rings. The molecule has 0 spiro atoms. The minimum atomic E-state index is -0.0312. The molecule has 0 N–H and O–H groups in total. The molecule has 0 aliphatic carbocycles. The van der Waals surface area contributed by atoms with Crippen molar-refractivity contribution in [3.05, 3.63) is 279 Å². The first-order valence-electron chi connectivity index (χ1n) is 28.1. The Balaban J connectivity index is 0.000000123. The van der Waals surface area contributed by atoms with Gasteiger partial charge in [0.15, 0.2) is 0 Å². The van der Waals surface area contributed by atoms with Gasteiger partial charge in [-0.3, -0.25) is 0 Å². The van der Waals surface area contributed by atoms with E-state index in [1.54, 1.807) is 9.36 Å². The van der Waals surface area contributed by atoms with Gasteiger partial charge < -0.3 is 28.1 Å². The number of hydrogen-bond acceptors (Lipinski definition) is 6. The zero-order valence-electron chi connectivity index (χ0n) is 48.2. The first-order chi connectivity index (χ1) is 41.0. The van der Waals surface area contributed by atoms with Gasteiger partial charge in [0.25, 0.3) is 0 Å². The van der Waals surface area contributed by atoms with E-state index in [-0.39, 0.29) is 53.0 Å². The molecule has 10 nitrogen and oxygen atoms in total. The van der Waals surface area contributed by atoms with E-state index >= 15 is 0 Å². The first-order valence-corrected chi connectivity index (χ1v) is 28.1. The van der Waals surface area contributed by atoms with Crippen LogP contribution in [0.1, 0.15) is 53.2 Å². The molecule has 16 rings (SSSR count). The number of benzene rings is 8. The van der Waals surface area contributed by atoms with Gasteiger partial charge >= 0.3 is 42.1 Å². The molecule has 0 saturated heterocycles.